The van der Waals surface area contributed by atoms with E-state index in [1.54, 1.807) is 7.05 Å². The van der Waals surface area contributed by atoms with Gasteiger partial charge in [0.15, 0.2) is 5.96 Å². The lowest BCUT2D eigenvalue weighted by molar-refractivity contribution is -0.117. The highest BCUT2D eigenvalue weighted by Crippen LogP contribution is 2.27. The van der Waals surface area contributed by atoms with Crippen LogP contribution in [-0.2, 0) is 11.2 Å². The molecule has 1 amide bonds. The van der Waals surface area contributed by atoms with Gasteiger partial charge in [0, 0.05) is 32.4 Å². The van der Waals surface area contributed by atoms with Crippen molar-refractivity contribution in [2.45, 2.75) is 25.7 Å². The summed E-state index contributed by atoms with van der Waals surface area (Å²) in [6, 6.07) is 8.13. The molecule has 6 nitrogen and oxygen atoms in total. The van der Waals surface area contributed by atoms with Gasteiger partial charge in [-0.2, -0.15) is 0 Å². The molecular weight excluding hydrogens is 314 g/mol. The molecular formula is C19H29N5O. The van der Waals surface area contributed by atoms with Gasteiger partial charge in [0.1, 0.15) is 0 Å². The molecule has 0 aromatic heterocycles. The van der Waals surface area contributed by atoms with E-state index in [2.05, 4.69) is 26.6 Å². The van der Waals surface area contributed by atoms with E-state index in [0.29, 0.717) is 5.96 Å². The van der Waals surface area contributed by atoms with E-state index in [1.807, 2.05) is 23.1 Å². The highest BCUT2D eigenvalue weighted by molar-refractivity contribution is 5.98. The van der Waals surface area contributed by atoms with Gasteiger partial charge in [0.2, 0.25) is 5.91 Å². The number of guanidine groups is 1. The van der Waals surface area contributed by atoms with Crippen LogP contribution in [0.5, 0.6) is 0 Å². The molecule has 6 heteroatoms. The van der Waals surface area contributed by atoms with Crippen molar-refractivity contribution < 1.29 is 4.79 Å². The lowest BCUT2D eigenvalue weighted by Crippen LogP contribution is -2.46. The Morgan fingerprint density at radius 1 is 1.12 bits per heavy atom. The average molecular weight is 343 g/mol. The minimum Gasteiger partial charge on any atom is -0.355 e. The molecule has 2 N–H and O–H groups in total. The number of carbonyl (C=O) groups excluding carboxylic acids is 1. The Morgan fingerprint density at radius 3 is 2.72 bits per heavy atom. The summed E-state index contributed by atoms with van der Waals surface area (Å²) in [4.78, 5) is 21.1. The number of amides is 1. The molecule has 0 unspecified atom stereocenters. The van der Waals surface area contributed by atoms with Crippen molar-refractivity contribution >= 4 is 17.6 Å². The number of para-hydroxylation sites is 1. The summed E-state index contributed by atoms with van der Waals surface area (Å²) in [5.74, 6) is 0.779. The maximum Gasteiger partial charge on any atom is 0.246 e. The van der Waals surface area contributed by atoms with Crippen LogP contribution in [-0.4, -0.2) is 63.1 Å². The first-order valence-electron chi connectivity index (χ1n) is 9.33. The number of piperidine rings is 1. The Hall–Kier alpha value is -2.08. The molecule has 3 rings (SSSR count). The van der Waals surface area contributed by atoms with Crippen molar-refractivity contribution in [1.82, 2.24) is 15.5 Å². The van der Waals surface area contributed by atoms with Crippen LogP contribution in [0.1, 0.15) is 24.8 Å². The third kappa shape index (κ3) is 4.72. The molecule has 2 aliphatic rings. The standard InChI is InChI=1S/C19H29N5O/c1-20-19(21-10-14-23-11-5-2-6-12-23)22-15-18(25)24-13-9-16-7-3-4-8-17(16)24/h3-4,7-8H,2,5-6,9-15H2,1H3,(H2,20,21,22). The number of hydrogen-bond acceptors (Lipinski definition) is 3. The number of fused-ring (bicyclic) bond motifs is 1. The SMILES string of the molecule is CN=C(NCCN1CCCCC1)NCC(=O)N1CCc2ccccc21. The molecule has 1 fully saturated rings. The van der Waals surface area contributed by atoms with Crippen LogP contribution in [0.4, 0.5) is 5.69 Å². The lowest BCUT2D eigenvalue weighted by atomic mass is 10.1. The van der Waals surface area contributed by atoms with Gasteiger partial charge in [-0.3, -0.25) is 9.79 Å². The molecule has 1 aromatic carbocycles. The minimum absolute atomic E-state index is 0.0870. The van der Waals surface area contributed by atoms with Gasteiger partial charge in [-0.25, -0.2) is 0 Å². The zero-order valence-electron chi connectivity index (χ0n) is 15.1. The average Bonchev–Trinajstić information content (AvgIpc) is 3.09. The summed E-state index contributed by atoms with van der Waals surface area (Å²) in [5, 5.41) is 6.45. The second-order valence-corrected chi connectivity index (χ2v) is 6.68. The van der Waals surface area contributed by atoms with Crippen molar-refractivity contribution in [3.05, 3.63) is 29.8 Å². The molecule has 25 heavy (non-hydrogen) atoms. The van der Waals surface area contributed by atoms with Crippen LogP contribution in [0.3, 0.4) is 0 Å². The third-order valence-electron chi connectivity index (χ3n) is 4.99. The molecule has 0 aliphatic carbocycles. The zero-order valence-corrected chi connectivity index (χ0v) is 15.1. The van der Waals surface area contributed by atoms with Gasteiger partial charge in [0.25, 0.3) is 0 Å². The highest BCUT2D eigenvalue weighted by atomic mass is 16.2. The number of carbonyl (C=O) groups is 1. The summed E-state index contributed by atoms with van der Waals surface area (Å²) < 4.78 is 0. The fourth-order valence-electron chi connectivity index (χ4n) is 3.59. The Morgan fingerprint density at radius 2 is 1.92 bits per heavy atom. The Balaban J connectivity index is 1.41. The van der Waals surface area contributed by atoms with Crippen LogP contribution in [0.15, 0.2) is 29.3 Å². The van der Waals surface area contributed by atoms with E-state index in [1.165, 1.54) is 37.9 Å². The third-order valence-corrected chi connectivity index (χ3v) is 4.99. The highest BCUT2D eigenvalue weighted by Gasteiger charge is 2.23. The van der Waals surface area contributed by atoms with Crippen molar-refractivity contribution in [2.24, 2.45) is 4.99 Å². The molecule has 0 atom stereocenters. The summed E-state index contributed by atoms with van der Waals surface area (Å²) in [5.41, 5.74) is 2.29. The zero-order chi connectivity index (χ0) is 17.5. The molecule has 2 heterocycles. The van der Waals surface area contributed by atoms with Crippen LogP contribution in [0.2, 0.25) is 0 Å². The van der Waals surface area contributed by atoms with Gasteiger partial charge >= 0.3 is 0 Å². The fourth-order valence-corrected chi connectivity index (χ4v) is 3.59. The number of aliphatic imine (C=N–C) groups is 1. The van der Waals surface area contributed by atoms with Gasteiger partial charge in [0.05, 0.1) is 6.54 Å². The van der Waals surface area contributed by atoms with E-state index in [0.717, 1.165) is 31.7 Å². The van der Waals surface area contributed by atoms with Crippen molar-refractivity contribution in [3.8, 4) is 0 Å². The smallest absolute Gasteiger partial charge is 0.246 e. The number of nitrogens with one attached hydrogen (secondary N) is 2. The number of likely N-dealkylation sites (tertiary alicyclic amines) is 1. The first-order chi connectivity index (χ1) is 12.3. The molecule has 0 spiro atoms. The number of hydrogen-bond donors (Lipinski definition) is 2. The van der Waals surface area contributed by atoms with E-state index in [4.69, 9.17) is 0 Å². The fraction of sp³-hybridized carbons (Fsp3) is 0.579. The number of anilines is 1. The minimum atomic E-state index is 0.0870. The molecule has 1 aromatic rings. The van der Waals surface area contributed by atoms with E-state index >= 15 is 0 Å². The molecule has 136 valence electrons. The maximum atomic E-state index is 12.5. The first kappa shape index (κ1) is 17.7. The molecule has 1 saturated heterocycles. The van der Waals surface area contributed by atoms with Crippen LogP contribution < -0.4 is 15.5 Å². The van der Waals surface area contributed by atoms with E-state index < -0.39 is 0 Å². The van der Waals surface area contributed by atoms with Crippen LogP contribution >= 0.6 is 0 Å². The second-order valence-electron chi connectivity index (χ2n) is 6.68. The summed E-state index contributed by atoms with van der Waals surface area (Å²) >= 11 is 0. The topological polar surface area (TPSA) is 60.0 Å². The lowest BCUT2D eigenvalue weighted by Gasteiger charge is -2.26. The number of nitrogens with zero attached hydrogens (tertiary/aromatic N) is 3. The Kier molecular flexibility index (Phi) is 6.28. The van der Waals surface area contributed by atoms with Gasteiger partial charge in [-0.1, -0.05) is 24.6 Å². The quantitative estimate of drug-likeness (QED) is 0.624. The van der Waals surface area contributed by atoms with Crippen LogP contribution in [0.25, 0.3) is 0 Å². The molecule has 0 radical (unpaired) electrons. The Labute approximate surface area is 150 Å². The van der Waals surface area contributed by atoms with E-state index in [-0.39, 0.29) is 12.5 Å². The predicted octanol–water partition coefficient (Wildman–Crippen LogP) is 1.23. The number of rotatable bonds is 5. The monoisotopic (exact) mass is 343 g/mol. The predicted molar refractivity (Wildman–Crippen MR) is 102 cm³/mol. The second kappa shape index (κ2) is 8.85. The van der Waals surface area contributed by atoms with Crippen molar-refractivity contribution in [3.63, 3.8) is 0 Å². The normalized spacial score (nSPS) is 18.1. The molecule has 2 aliphatic heterocycles. The molecule has 0 saturated carbocycles. The van der Waals surface area contributed by atoms with Gasteiger partial charge in [-0.05, 0) is 44.0 Å². The van der Waals surface area contributed by atoms with Crippen molar-refractivity contribution in [2.75, 3.05) is 51.2 Å². The first-order valence-corrected chi connectivity index (χ1v) is 9.33. The largest absolute Gasteiger partial charge is 0.355 e. The Bertz CT molecular complexity index is 610. The van der Waals surface area contributed by atoms with Crippen LogP contribution in [0, 0.1) is 0 Å². The maximum absolute atomic E-state index is 12.5. The van der Waals surface area contributed by atoms with E-state index in [9.17, 15) is 4.79 Å². The van der Waals surface area contributed by atoms with Gasteiger partial charge < -0.3 is 20.4 Å². The number of benzene rings is 1. The molecule has 0 bridgehead atoms. The summed E-state index contributed by atoms with van der Waals surface area (Å²) in [6.45, 7) is 5.29. The van der Waals surface area contributed by atoms with Gasteiger partial charge in [-0.15, -0.1) is 0 Å². The van der Waals surface area contributed by atoms with Crippen molar-refractivity contribution in [1.29, 1.82) is 0 Å². The summed E-state index contributed by atoms with van der Waals surface area (Å²) in [6.07, 6.45) is 4.90. The summed E-state index contributed by atoms with van der Waals surface area (Å²) in [7, 11) is 1.74.